The van der Waals surface area contributed by atoms with Gasteiger partial charge in [0, 0.05) is 44.8 Å². The first-order valence-electron chi connectivity index (χ1n) is 10.2. The number of piperazine rings is 1. The van der Waals surface area contributed by atoms with E-state index >= 15 is 0 Å². The fourth-order valence-electron chi connectivity index (χ4n) is 5.43. The van der Waals surface area contributed by atoms with Crippen molar-refractivity contribution in [2.45, 2.75) is 44.7 Å². The molecule has 3 fully saturated rings. The summed E-state index contributed by atoms with van der Waals surface area (Å²) < 4.78 is 2.91. The second-order valence-electron chi connectivity index (χ2n) is 8.34. The molecule has 2 bridgehead atoms. The summed E-state index contributed by atoms with van der Waals surface area (Å²) >= 11 is 0. The van der Waals surface area contributed by atoms with Gasteiger partial charge in [-0.1, -0.05) is 12.5 Å². The number of carbonyl (C=O) groups excluding carboxylic acids is 1. The molecule has 7 heteroatoms. The highest BCUT2D eigenvalue weighted by atomic mass is 16.2. The minimum absolute atomic E-state index is 0.131. The van der Waals surface area contributed by atoms with Gasteiger partial charge in [-0.3, -0.25) is 14.1 Å². The lowest BCUT2D eigenvalue weighted by molar-refractivity contribution is -0.133. The highest BCUT2D eigenvalue weighted by Gasteiger charge is 2.42. The largest absolute Gasteiger partial charge is 0.350 e. The van der Waals surface area contributed by atoms with Gasteiger partial charge < -0.3 is 4.90 Å². The number of amides is 1. The topological polar surface area (TPSA) is 62.9 Å². The number of aromatic nitrogens is 3. The van der Waals surface area contributed by atoms with Crippen LogP contribution in [0.4, 0.5) is 0 Å². The first kappa shape index (κ1) is 17.0. The van der Waals surface area contributed by atoms with Gasteiger partial charge in [-0.25, -0.2) is 9.48 Å². The summed E-state index contributed by atoms with van der Waals surface area (Å²) in [7, 11) is 0. The summed E-state index contributed by atoms with van der Waals surface area (Å²) in [4.78, 5) is 29.5. The molecule has 3 heterocycles. The number of hydrogen-bond donors (Lipinski definition) is 0. The average molecular weight is 369 g/mol. The van der Waals surface area contributed by atoms with Crippen LogP contribution < -0.4 is 5.69 Å². The molecule has 0 aromatic carbocycles. The highest BCUT2D eigenvalue weighted by Crippen LogP contribution is 2.46. The monoisotopic (exact) mass is 369 g/mol. The number of pyridine rings is 1. The van der Waals surface area contributed by atoms with Crippen molar-refractivity contribution in [3.63, 3.8) is 0 Å². The number of rotatable bonds is 4. The van der Waals surface area contributed by atoms with Crippen molar-refractivity contribution in [1.29, 1.82) is 0 Å². The summed E-state index contributed by atoms with van der Waals surface area (Å²) in [5.74, 6) is 1.99. The summed E-state index contributed by atoms with van der Waals surface area (Å²) in [6.07, 6.45) is 7.67. The van der Waals surface area contributed by atoms with E-state index in [2.05, 4.69) is 10.00 Å². The van der Waals surface area contributed by atoms with Crippen molar-refractivity contribution in [3.8, 4) is 0 Å². The Morgan fingerprint density at radius 2 is 1.96 bits per heavy atom. The standard InChI is InChI=1S/C20H27N5O2/c26-19(6-8-25-20(27)24-7-2-1-3-18(24)21-25)23-11-9-22(10-12-23)17-14-15-4-5-16(17)13-15/h1-3,7,15-17H,4-6,8-14H2. The maximum atomic E-state index is 12.6. The maximum absolute atomic E-state index is 12.6. The molecule has 3 aliphatic rings. The van der Waals surface area contributed by atoms with E-state index in [0.29, 0.717) is 18.6 Å². The molecule has 2 aromatic heterocycles. The lowest BCUT2D eigenvalue weighted by Gasteiger charge is -2.41. The van der Waals surface area contributed by atoms with E-state index in [1.807, 2.05) is 11.0 Å². The van der Waals surface area contributed by atoms with Crippen molar-refractivity contribution in [1.82, 2.24) is 24.0 Å². The van der Waals surface area contributed by atoms with E-state index < -0.39 is 0 Å². The molecule has 0 radical (unpaired) electrons. The van der Waals surface area contributed by atoms with Gasteiger partial charge in [-0.2, -0.15) is 0 Å². The molecule has 144 valence electrons. The van der Waals surface area contributed by atoms with E-state index in [1.165, 1.54) is 34.8 Å². The molecule has 2 saturated carbocycles. The van der Waals surface area contributed by atoms with Crippen LogP contribution in [0.25, 0.3) is 5.65 Å². The van der Waals surface area contributed by atoms with Gasteiger partial charge in [0.2, 0.25) is 5.91 Å². The van der Waals surface area contributed by atoms with E-state index in [-0.39, 0.29) is 11.6 Å². The second-order valence-corrected chi connectivity index (χ2v) is 8.34. The SMILES string of the molecule is O=C(CCn1nc2ccccn2c1=O)N1CCN(C2CC3CCC2C3)CC1. The van der Waals surface area contributed by atoms with Crippen LogP contribution in [0.3, 0.4) is 0 Å². The molecule has 1 amide bonds. The first-order chi connectivity index (χ1) is 13.2. The summed E-state index contributed by atoms with van der Waals surface area (Å²) in [5, 5.41) is 4.30. The molecule has 1 aliphatic heterocycles. The molecular formula is C20H27N5O2. The third kappa shape index (κ3) is 3.08. The Balaban J connectivity index is 1.15. The van der Waals surface area contributed by atoms with Gasteiger partial charge in [-0.05, 0) is 43.2 Å². The maximum Gasteiger partial charge on any atom is 0.350 e. The Morgan fingerprint density at radius 3 is 2.67 bits per heavy atom. The number of hydrogen-bond acceptors (Lipinski definition) is 4. The Kier molecular flexibility index (Phi) is 4.27. The number of aryl methyl sites for hydroxylation is 1. The zero-order valence-corrected chi connectivity index (χ0v) is 15.7. The highest BCUT2D eigenvalue weighted by molar-refractivity contribution is 5.76. The van der Waals surface area contributed by atoms with Gasteiger partial charge in [-0.15, -0.1) is 5.10 Å². The minimum Gasteiger partial charge on any atom is -0.340 e. The molecule has 7 nitrogen and oxygen atoms in total. The molecule has 0 spiro atoms. The van der Waals surface area contributed by atoms with E-state index in [1.54, 1.807) is 18.3 Å². The molecule has 3 atom stereocenters. The average Bonchev–Trinajstić information content (AvgIpc) is 3.41. The smallest absolute Gasteiger partial charge is 0.340 e. The second kappa shape index (κ2) is 6.78. The number of carbonyl (C=O) groups is 1. The van der Waals surface area contributed by atoms with Gasteiger partial charge in [0.05, 0.1) is 6.54 Å². The van der Waals surface area contributed by atoms with Crippen LogP contribution in [-0.4, -0.2) is 62.1 Å². The van der Waals surface area contributed by atoms with Crippen molar-refractivity contribution in [2.75, 3.05) is 26.2 Å². The Bertz CT molecular complexity index is 895. The Labute approximate surface area is 158 Å². The number of nitrogens with zero attached hydrogens (tertiary/aromatic N) is 5. The number of fused-ring (bicyclic) bond motifs is 3. The third-order valence-corrected chi connectivity index (χ3v) is 6.86. The summed E-state index contributed by atoms with van der Waals surface area (Å²) in [6, 6.07) is 6.22. The predicted octanol–water partition coefficient (Wildman–Crippen LogP) is 1.22. The van der Waals surface area contributed by atoms with Crippen LogP contribution in [0.2, 0.25) is 0 Å². The van der Waals surface area contributed by atoms with E-state index in [0.717, 1.165) is 44.1 Å². The molecule has 5 rings (SSSR count). The van der Waals surface area contributed by atoms with E-state index in [4.69, 9.17) is 0 Å². The van der Waals surface area contributed by atoms with Gasteiger partial charge in [0.15, 0.2) is 5.65 Å². The Morgan fingerprint density at radius 1 is 1.11 bits per heavy atom. The fraction of sp³-hybridized carbons (Fsp3) is 0.650. The molecule has 27 heavy (non-hydrogen) atoms. The van der Waals surface area contributed by atoms with Gasteiger partial charge in [0.1, 0.15) is 0 Å². The van der Waals surface area contributed by atoms with Crippen LogP contribution in [-0.2, 0) is 11.3 Å². The quantitative estimate of drug-likeness (QED) is 0.813. The molecule has 0 N–H and O–H groups in total. The molecular weight excluding hydrogens is 342 g/mol. The van der Waals surface area contributed by atoms with Crippen molar-refractivity contribution < 1.29 is 4.79 Å². The molecule has 3 unspecified atom stereocenters. The van der Waals surface area contributed by atoms with Gasteiger partial charge in [0.25, 0.3) is 0 Å². The third-order valence-electron chi connectivity index (χ3n) is 6.86. The lowest BCUT2D eigenvalue weighted by atomic mass is 9.93. The summed E-state index contributed by atoms with van der Waals surface area (Å²) in [5.41, 5.74) is 0.439. The molecule has 2 aromatic rings. The first-order valence-corrected chi connectivity index (χ1v) is 10.2. The Hall–Kier alpha value is -2.15. The van der Waals surface area contributed by atoms with Gasteiger partial charge >= 0.3 is 5.69 Å². The predicted molar refractivity (Wildman–Crippen MR) is 101 cm³/mol. The van der Waals surface area contributed by atoms with Crippen molar-refractivity contribution in [3.05, 3.63) is 34.9 Å². The van der Waals surface area contributed by atoms with Crippen LogP contribution in [0.5, 0.6) is 0 Å². The van der Waals surface area contributed by atoms with Crippen molar-refractivity contribution >= 4 is 11.6 Å². The van der Waals surface area contributed by atoms with Crippen LogP contribution in [0.15, 0.2) is 29.2 Å². The van der Waals surface area contributed by atoms with Crippen LogP contribution >= 0.6 is 0 Å². The molecule has 2 aliphatic carbocycles. The van der Waals surface area contributed by atoms with Crippen molar-refractivity contribution in [2.24, 2.45) is 11.8 Å². The summed E-state index contributed by atoms with van der Waals surface area (Å²) in [6.45, 7) is 3.95. The fourth-order valence-corrected chi connectivity index (χ4v) is 5.43. The van der Waals surface area contributed by atoms with E-state index in [9.17, 15) is 9.59 Å². The normalized spacial score (nSPS) is 28.3. The van der Waals surface area contributed by atoms with Crippen LogP contribution in [0, 0.1) is 11.8 Å². The zero-order valence-electron chi connectivity index (χ0n) is 15.7. The zero-order chi connectivity index (χ0) is 18.4. The lowest BCUT2D eigenvalue weighted by Crippen LogP contribution is -2.53. The molecule has 1 saturated heterocycles. The van der Waals surface area contributed by atoms with Crippen LogP contribution in [0.1, 0.15) is 32.1 Å². The minimum atomic E-state index is -0.181.